The van der Waals surface area contributed by atoms with Gasteiger partial charge >= 0.3 is 6.01 Å². The zero-order valence-corrected chi connectivity index (χ0v) is 10.2. The molecule has 1 rings (SSSR count). The number of methoxy groups -OCH3 is 1. The number of nitrogens with zero attached hydrogens (tertiary/aromatic N) is 3. The smallest absolute Gasteiger partial charge is 0.322 e. The van der Waals surface area contributed by atoms with Gasteiger partial charge in [0.1, 0.15) is 5.54 Å². The van der Waals surface area contributed by atoms with Gasteiger partial charge in [0.2, 0.25) is 11.9 Å². The van der Waals surface area contributed by atoms with Crippen molar-refractivity contribution in [1.29, 1.82) is 0 Å². The minimum absolute atomic E-state index is 0.0690. The summed E-state index contributed by atoms with van der Waals surface area (Å²) in [5, 5.41) is 32.9. The summed E-state index contributed by atoms with van der Waals surface area (Å²) >= 11 is 0. The van der Waals surface area contributed by atoms with E-state index < -0.39 is 25.4 Å². The molecule has 0 spiro atoms. The van der Waals surface area contributed by atoms with Crippen LogP contribution in [0, 0.1) is 0 Å². The topological polar surface area (TPSA) is 133 Å². The molecular weight excluding hydrogens is 242 g/mol. The van der Waals surface area contributed by atoms with Gasteiger partial charge in [-0.15, -0.1) is 0 Å². The molecule has 0 saturated carbocycles. The van der Waals surface area contributed by atoms with E-state index in [0.29, 0.717) is 0 Å². The van der Waals surface area contributed by atoms with Crippen LogP contribution < -0.4 is 15.4 Å². The van der Waals surface area contributed by atoms with Crippen LogP contribution in [0.1, 0.15) is 0 Å². The van der Waals surface area contributed by atoms with E-state index in [9.17, 15) is 15.3 Å². The summed E-state index contributed by atoms with van der Waals surface area (Å²) in [6.07, 6.45) is 0. The SMILES string of the molecule is CNc1nc(NC(CO)(CO)CO)nc(OC)n1. The molecule has 102 valence electrons. The Bertz CT molecular complexity index is 355. The van der Waals surface area contributed by atoms with Gasteiger partial charge in [-0.2, -0.15) is 15.0 Å². The predicted octanol–water partition coefficient (Wildman–Crippen LogP) is -1.95. The number of hydrogen-bond donors (Lipinski definition) is 5. The Labute approximate surface area is 104 Å². The fraction of sp³-hybridized carbons (Fsp3) is 0.667. The first-order valence-electron chi connectivity index (χ1n) is 5.21. The molecule has 0 bridgehead atoms. The van der Waals surface area contributed by atoms with Crippen molar-refractivity contribution in [3.05, 3.63) is 0 Å². The third-order valence-corrected chi connectivity index (χ3v) is 2.31. The van der Waals surface area contributed by atoms with Crippen molar-refractivity contribution in [3.8, 4) is 6.01 Å². The molecule has 9 heteroatoms. The minimum Gasteiger partial charge on any atom is -0.467 e. The summed E-state index contributed by atoms with van der Waals surface area (Å²) in [5.74, 6) is 0.329. The number of aliphatic hydroxyl groups is 3. The molecule has 1 heterocycles. The number of rotatable bonds is 7. The fourth-order valence-electron chi connectivity index (χ4n) is 1.12. The number of aliphatic hydroxyl groups excluding tert-OH is 3. The van der Waals surface area contributed by atoms with Crippen LogP contribution in [0.3, 0.4) is 0 Å². The van der Waals surface area contributed by atoms with Gasteiger partial charge in [0.05, 0.1) is 26.9 Å². The van der Waals surface area contributed by atoms with Crippen molar-refractivity contribution in [2.45, 2.75) is 5.54 Å². The molecule has 9 nitrogen and oxygen atoms in total. The molecular formula is C9H17N5O4. The molecule has 0 aliphatic carbocycles. The van der Waals surface area contributed by atoms with E-state index in [0.717, 1.165) is 0 Å². The van der Waals surface area contributed by atoms with Crippen molar-refractivity contribution < 1.29 is 20.1 Å². The summed E-state index contributed by atoms with van der Waals surface area (Å²) in [7, 11) is 3.02. The predicted molar refractivity (Wildman–Crippen MR) is 63.5 cm³/mol. The number of nitrogens with one attached hydrogen (secondary N) is 2. The normalized spacial score (nSPS) is 11.2. The van der Waals surface area contributed by atoms with Gasteiger partial charge in [0.25, 0.3) is 0 Å². The minimum atomic E-state index is -1.31. The van der Waals surface area contributed by atoms with E-state index >= 15 is 0 Å². The van der Waals surface area contributed by atoms with E-state index in [4.69, 9.17) is 4.74 Å². The van der Waals surface area contributed by atoms with Gasteiger partial charge in [-0.1, -0.05) is 0 Å². The van der Waals surface area contributed by atoms with Gasteiger partial charge in [-0.3, -0.25) is 0 Å². The molecule has 18 heavy (non-hydrogen) atoms. The molecule has 0 radical (unpaired) electrons. The Balaban J connectivity index is 3.01. The maximum Gasteiger partial charge on any atom is 0.322 e. The van der Waals surface area contributed by atoms with Crippen molar-refractivity contribution >= 4 is 11.9 Å². The quantitative estimate of drug-likeness (QED) is 0.379. The van der Waals surface area contributed by atoms with Crippen LogP contribution in [-0.4, -0.2) is 69.8 Å². The standard InChI is InChI=1S/C9H17N5O4/c1-10-6-11-7(13-8(12-6)18-2)14-9(3-15,4-16)5-17/h15-17H,3-5H2,1-2H3,(H2,10,11,12,13,14). The summed E-state index contributed by atoms with van der Waals surface area (Å²) < 4.78 is 4.88. The highest BCUT2D eigenvalue weighted by molar-refractivity contribution is 5.37. The van der Waals surface area contributed by atoms with Crippen LogP contribution in [0.5, 0.6) is 6.01 Å². The maximum atomic E-state index is 9.19. The zero-order valence-electron chi connectivity index (χ0n) is 10.2. The molecule has 0 aromatic carbocycles. The first-order chi connectivity index (χ1) is 8.62. The Kier molecular flexibility index (Phi) is 5.01. The molecule has 1 aromatic rings. The largest absolute Gasteiger partial charge is 0.467 e. The number of hydrogen-bond acceptors (Lipinski definition) is 9. The van der Waals surface area contributed by atoms with Crippen molar-refractivity contribution in [2.75, 3.05) is 44.6 Å². The second-order valence-corrected chi connectivity index (χ2v) is 3.60. The molecule has 0 amide bonds. The number of anilines is 2. The van der Waals surface area contributed by atoms with Gasteiger partial charge in [-0.25, -0.2) is 0 Å². The first-order valence-corrected chi connectivity index (χ1v) is 5.21. The van der Waals surface area contributed by atoms with Gasteiger partial charge < -0.3 is 30.7 Å². The summed E-state index contributed by atoms with van der Waals surface area (Å²) in [5.41, 5.74) is -1.31. The van der Waals surface area contributed by atoms with E-state index in [2.05, 4.69) is 25.6 Å². The lowest BCUT2D eigenvalue weighted by molar-refractivity contribution is 0.0827. The van der Waals surface area contributed by atoms with Gasteiger partial charge in [0.15, 0.2) is 0 Å². The Hall–Kier alpha value is -1.71. The van der Waals surface area contributed by atoms with Crippen LogP contribution in [0.25, 0.3) is 0 Å². The monoisotopic (exact) mass is 259 g/mol. The number of aromatic nitrogens is 3. The summed E-state index contributed by atoms with van der Waals surface area (Å²) in [6, 6.07) is 0.0690. The lowest BCUT2D eigenvalue weighted by atomic mass is 10.0. The first kappa shape index (κ1) is 14.4. The average molecular weight is 259 g/mol. The van der Waals surface area contributed by atoms with Gasteiger partial charge in [0, 0.05) is 7.05 Å². The van der Waals surface area contributed by atoms with Crippen LogP contribution in [0.4, 0.5) is 11.9 Å². The number of ether oxygens (including phenoxy) is 1. The molecule has 0 saturated heterocycles. The molecule has 1 aromatic heterocycles. The van der Waals surface area contributed by atoms with E-state index in [-0.39, 0.29) is 17.9 Å². The molecule has 5 N–H and O–H groups in total. The Morgan fingerprint density at radius 3 is 2.06 bits per heavy atom. The van der Waals surface area contributed by atoms with Crippen molar-refractivity contribution in [2.24, 2.45) is 0 Å². The molecule has 0 unspecified atom stereocenters. The van der Waals surface area contributed by atoms with Crippen LogP contribution in [0.2, 0.25) is 0 Å². The highest BCUT2D eigenvalue weighted by Gasteiger charge is 2.29. The zero-order chi connectivity index (χ0) is 13.6. The Morgan fingerprint density at radius 2 is 1.61 bits per heavy atom. The molecule has 0 fully saturated rings. The van der Waals surface area contributed by atoms with Crippen LogP contribution >= 0.6 is 0 Å². The van der Waals surface area contributed by atoms with Crippen molar-refractivity contribution in [1.82, 2.24) is 15.0 Å². The summed E-state index contributed by atoms with van der Waals surface area (Å²) in [6.45, 7) is -1.45. The van der Waals surface area contributed by atoms with E-state index in [1.807, 2.05) is 0 Å². The van der Waals surface area contributed by atoms with E-state index in [1.165, 1.54) is 7.11 Å². The molecule has 0 aliphatic rings. The van der Waals surface area contributed by atoms with Crippen LogP contribution in [-0.2, 0) is 0 Å². The third kappa shape index (κ3) is 3.15. The lowest BCUT2D eigenvalue weighted by Gasteiger charge is -2.28. The Morgan fingerprint density at radius 1 is 1.06 bits per heavy atom. The highest BCUT2D eigenvalue weighted by Crippen LogP contribution is 2.15. The van der Waals surface area contributed by atoms with Crippen molar-refractivity contribution in [3.63, 3.8) is 0 Å². The molecule has 0 atom stereocenters. The fourth-order valence-corrected chi connectivity index (χ4v) is 1.12. The average Bonchev–Trinajstić information content (AvgIpc) is 2.44. The maximum absolute atomic E-state index is 9.19. The molecule has 0 aliphatic heterocycles. The second kappa shape index (κ2) is 6.28. The van der Waals surface area contributed by atoms with E-state index in [1.54, 1.807) is 7.05 Å². The lowest BCUT2D eigenvalue weighted by Crippen LogP contribution is -2.49. The van der Waals surface area contributed by atoms with Crippen LogP contribution in [0.15, 0.2) is 0 Å². The highest BCUT2D eigenvalue weighted by atomic mass is 16.5. The van der Waals surface area contributed by atoms with Gasteiger partial charge in [-0.05, 0) is 0 Å². The summed E-state index contributed by atoms with van der Waals surface area (Å²) in [4.78, 5) is 11.8. The third-order valence-electron chi connectivity index (χ3n) is 2.31. The second-order valence-electron chi connectivity index (χ2n) is 3.60.